The Morgan fingerprint density at radius 2 is 2.04 bits per heavy atom. The number of hydrogen-bond donors (Lipinski definition) is 3. The summed E-state index contributed by atoms with van der Waals surface area (Å²) in [6, 6.07) is 7.31. The minimum absolute atomic E-state index is 0.0878. The standard InChI is InChI=1S/C16H25BrN4O2/c1-3-18-16(20-8-5-11-23-2)21-10-9-19-15(22)13-6-4-7-14(17)12-13/h4,6-7,12H,3,5,8-11H2,1-2H3,(H,19,22)(H2,18,20,21). The van der Waals surface area contributed by atoms with Crippen molar-refractivity contribution in [1.29, 1.82) is 0 Å². The molecule has 6 nitrogen and oxygen atoms in total. The van der Waals surface area contributed by atoms with Crippen molar-refractivity contribution < 1.29 is 9.53 Å². The second kappa shape index (κ2) is 11.9. The van der Waals surface area contributed by atoms with E-state index in [2.05, 4.69) is 36.9 Å². The smallest absolute Gasteiger partial charge is 0.251 e. The quantitative estimate of drug-likeness (QED) is 0.344. The molecule has 0 saturated carbocycles. The van der Waals surface area contributed by atoms with Crippen molar-refractivity contribution in [3.63, 3.8) is 0 Å². The van der Waals surface area contributed by atoms with Gasteiger partial charge in [-0.1, -0.05) is 22.0 Å². The molecule has 0 aliphatic rings. The molecule has 0 atom stereocenters. The molecular formula is C16H25BrN4O2. The maximum absolute atomic E-state index is 12.0. The number of amides is 1. The molecule has 7 heteroatoms. The lowest BCUT2D eigenvalue weighted by Crippen LogP contribution is -2.41. The molecule has 23 heavy (non-hydrogen) atoms. The number of nitrogens with zero attached hydrogens (tertiary/aromatic N) is 1. The largest absolute Gasteiger partial charge is 0.385 e. The van der Waals surface area contributed by atoms with Crippen LogP contribution in [0, 0.1) is 0 Å². The number of aliphatic imine (C=N–C) groups is 1. The van der Waals surface area contributed by atoms with Gasteiger partial charge in [0.1, 0.15) is 0 Å². The molecule has 0 saturated heterocycles. The molecule has 1 rings (SSSR count). The Morgan fingerprint density at radius 3 is 2.74 bits per heavy atom. The molecule has 0 fully saturated rings. The molecule has 0 spiro atoms. The second-order valence-electron chi connectivity index (χ2n) is 4.80. The van der Waals surface area contributed by atoms with Gasteiger partial charge in [0.25, 0.3) is 5.91 Å². The third kappa shape index (κ3) is 8.56. The van der Waals surface area contributed by atoms with Crippen molar-refractivity contribution >= 4 is 27.8 Å². The predicted molar refractivity (Wildman–Crippen MR) is 96.9 cm³/mol. The Labute approximate surface area is 146 Å². The molecular weight excluding hydrogens is 360 g/mol. The number of halogens is 1. The third-order valence-electron chi connectivity index (χ3n) is 2.91. The summed E-state index contributed by atoms with van der Waals surface area (Å²) in [5.41, 5.74) is 0.638. The number of nitrogens with one attached hydrogen (secondary N) is 3. The molecule has 1 aromatic carbocycles. The van der Waals surface area contributed by atoms with Crippen LogP contribution in [0.15, 0.2) is 33.7 Å². The maximum Gasteiger partial charge on any atom is 0.251 e. The maximum atomic E-state index is 12.0. The number of methoxy groups -OCH3 is 1. The summed E-state index contributed by atoms with van der Waals surface area (Å²) in [6.45, 7) is 5.34. The van der Waals surface area contributed by atoms with Gasteiger partial charge in [-0.3, -0.25) is 9.79 Å². The molecule has 0 aliphatic carbocycles. The van der Waals surface area contributed by atoms with Gasteiger partial charge in [0, 0.05) is 49.9 Å². The molecule has 3 N–H and O–H groups in total. The normalized spacial score (nSPS) is 11.2. The van der Waals surface area contributed by atoms with E-state index in [9.17, 15) is 4.79 Å². The first kappa shape index (κ1) is 19.4. The van der Waals surface area contributed by atoms with E-state index in [4.69, 9.17) is 4.74 Å². The van der Waals surface area contributed by atoms with Crippen LogP contribution in [0.2, 0.25) is 0 Å². The summed E-state index contributed by atoms with van der Waals surface area (Å²) in [5.74, 6) is 0.662. The van der Waals surface area contributed by atoms with Crippen LogP contribution in [0.5, 0.6) is 0 Å². The number of guanidine groups is 1. The summed E-state index contributed by atoms with van der Waals surface area (Å²) < 4.78 is 5.89. The second-order valence-corrected chi connectivity index (χ2v) is 5.72. The topological polar surface area (TPSA) is 74.8 Å². The number of ether oxygens (including phenoxy) is 1. The van der Waals surface area contributed by atoms with Crippen LogP contribution in [0.3, 0.4) is 0 Å². The molecule has 0 radical (unpaired) electrons. The molecule has 0 aliphatic heterocycles. The molecule has 0 aromatic heterocycles. The zero-order chi connectivity index (χ0) is 16.9. The van der Waals surface area contributed by atoms with Crippen molar-refractivity contribution in [2.45, 2.75) is 13.3 Å². The van der Waals surface area contributed by atoms with Crippen LogP contribution in [-0.2, 0) is 4.74 Å². The van der Waals surface area contributed by atoms with Gasteiger partial charge >= 0.3 is 0 Å². The Hall–Kier alpha value is -1.60. The Kier molecular flexibility index (Phi) is 10.1. The summed E-state index contributed by atoms with van der Waals surface area (Å²) in [7, 11) is 1.68. The van der Waals surface area contributed by atoms with E-state index in [0.29, 0.717) is 31.8 Å². The monoisotopic (exact) mass is 384 g/mol. The summed E-state index contributed by atoms with van der Waals surface area (Å²) >= 11 is 3.36. The van der Waals surface area contributed by atoms with Crippen molar-refractivity contribution in [3.8, 4) is 0 Å². The number of carbonyl (C=O) groups is 1. The van der Waals surface area contributed by atoms with E-state index in [1.54, 1.807) is 19.2 Å². The lowest BCUT2D eigenvalue weighted by atomic mass is 10.2. The van der Waals surface area contributed by atoms with E-state index >= 15 is 0 Å². The first-order chi connectivity index (χ1) is 11.2. The minimum Gasteiger partial charge on any atom is -0.385 e. The van der Waals surface area contributed by atoms with Crippen molar-refractivity contribution in [2.75, 3.05) is 39.9 Å². The van der Waals surface area contributed by atoms with Crippen LogP contribution in [-0.4, -0.2) is 51.8 Å². The molecule has 0 unspecified atom stereocenters. The van der Waals surface area contributed by atoms with Gasteiger partial charge in [-0.15, -0.1) is 0 Å². The van der Waals surface area contributed by atoms with Crippen LogP contribution < -0.4 is 16.0 Å². The summed E-state index contributed by atoms with van der Waals surface area (Å²) in [5, 5.41) is 9.23. The van der Waals surface area contributed by atoms with E-state index in [0.717, 1.165) is 23.4 Å². The van der Waals surface area contributed by atoms with E-state index in [1.165, 1.54) is 0 Å². The zero-order valence-corrected chi connectivity index (χ0v) is 15.3. The Bertz CT molecular complexity index is 509. The van der Waals surface area contributed by atoms with Gasteiger partial charge in [-0.25, -0.2) is 0 Å². The average molecular weight is 385 g/mol. The summed E-state index contributed by atoms with van der Waals surface area (Å²) in [6.07, 6.45) is 0.882. The number of hydrogen-bond acceptors (Lipinski definition) is 3. The predicted octanol–water partition coefficient (Wildman–Crippen LogP) is 1.77. The van der Waals surface area contributed by atoms with Gasteiger partial charge in [0.2, 0.25) is 0 Å². The number of benzene rings is 1. The average Bonchev–Trinajstić information content (AvgIpc) is 2.55. The SMILES string of the molecule is CCNC(=NCCCOC)NCCNC(=O)c1cccc(Br)c1. The fourth-order valence-electron chi connectivity index (χ4n) is 1.83. The van der Waals surface area contributed by atoms with E-state index < -0.39 is 0 Å². The highest BCUT2D eigenvalue weighted by Gasteiger charge is 2.04. The highest BCUT2D eigenvalue weighted by atomic mass is 79.9. The van der Waals surface area contributed by atoms with Gasteiger partial charge in [0.15, 0.2) is 5.96 Å². The number of rotatable bonds is 9. The Morgan fingerprint density at radius 1 is 1.26 bits per heavy atom. The van der Waals surface area contributed by atoms with Crippen LogP contribution in [0.4, 0.5) is 0 Å². The zero-order valence-electron chi connectivity index (χ0n) is 13.7. The lowest BCUT2D eigenvalue weighted by Gasteiger charge is -2.12. The molecule has 1 amide bonds. The fraction of sp³-hybridized carbons (Fsp3) is 0.500. The summed E-state index contributed by atoms with van der Waals surface area (Å²) in [4.78, 5) is 16.4. The van der Waals surface area contributed by atoms with E-state index in [-0.39, 0.29) is 5.91 Å². The van der Waals surface area contributed by atoms with Crippen LogP contribution in [0.25, 0.3) is 0 Å². The molecule has 128 valence electrons. The third-order valence-corrected chi connectivity index (χ3v) is 3.40. The van der Waals surface area contributed by atoms with Crippen molar-refractivity contribution in [3.05, 3.63) is 34.3 Å². The highest BCUT2D eigenvalue weighted by molar-refractivity contribution is 9.10. The van der Waals surface area contributed by atoms with Gasteiger partial charge < -0.3 is 20.7 Å². The van der Waals surface area contributed by atoms with Crippen molar-refractivity contribution in [1.82, 2.24) is 16.0 Å². The first-order valence-electron chi connectivity index (χ1n) is 7.72. The van der Waals surface area contributed by atoms with Crippen LogP contribution >= 0.6 is 15.9 Å². The minimum atomic E-state index is -0.0878. The molecule has 0 bridgehead atoms. The van der Waals surface area contributed by atoms with Crippen LogP contribution in [0.1, 0.15) is 23.7 Å². The fourth-order valence-corrected chi connectivity index (χ4v) is 2.23. The molecule has 1 aromatic rings. The lowest BCUT2D eigenvalue weighted by molar-refractivity contribution is 0.0954. The first-order valence-corrected chi connectivity index (χ1v) is 8.51. The van der Waals surface area contributed by atoms with Gasteiger partial charge in [-0.2, -0.15) is 0 Å². The number of carbonyl (C=O) groups excluding carboxylic acids is 1. The molecule has 0 heterocycles. The van der Waals surface area contributed by atoms with Crippen molar-refractivity contribution in [2.24, 2.45) is 4.99 Å². The highest BCUT2D eigenvalue weighted by Crippen LogP contribution is 2.11. The Balaban J connectivity index is 2.31. The van der Waals surface area contributed by atoms with Gasteiger partial charge in [-0.05, 0) is 31.5 Å². The van der Waals surface area contributed by atoms with E-state index in [1.807, 2.05) is 19.1 Å². The van der Waals surface area contributed by atoms with Gasteiger partial charge in [0.05, 0.1) is 0 Å².